The van der Waals surface area contributed by atoms with Crippen LogP contribution in [0.1, 0.15) is 25.7 Å². The van der Waals surface area contributed by atoms with E-state index in [1.807, 2.05) is 0 Å². The van der Waals surface area contributed by atoms with Gasteiger partial charge in [0, 0.05) is 6.04 Å². The zero-order valence-electron chi connectivity index (χ0n) is 10.6. The van der Waals surface area contributed by atoms with Gasteiger partial charge in [-0.05, 0) is 25.7 Å². The van der Waals surface area contributed by atoms with Crippen molar-refractivity contribution < 1.29 is 14.4 Å². The van der Waals surface area contributed by atoms with Gasteiger partial charge in [0.05, 0.1) is 12.0 Å². The van der Waals surface area contributed by atoms with Crippen LogP contribution in [-0.2, 0) is 0 Å². The fourth-order valence-corrected chi connectivity index (χ4v) is 2.10. The van der Waals surface area contributed by atoms with Crippen molar-refractivity contribution in [3.8, 4) is 11.8 Å². The summed E-state index contributed by atoms with van der Waals surface area (Å²) >= 11 is 0. The van der Waals surface area contributed by atoms with Crippen molar-refractivity contribution in [3.63, 3.8) is 0 Å². The van der Waals surface area contributed by atoms with E-state index in [2.05, 4.69) is 9.97 Å². The molecular weight excluding hydrogens is 252 g/mol. The number of nitrogens with zero attached hydrogens (tertiary/aromatic N) is 3. The summed E-state index contributed by atoms with van der Waals surface area (Å²) in [6, 6.07) is 0.190. The minimum absolute atomic E-state index is 0.0441. The molecule has 19 heavy (non-hydrogen) atoms. The summed E-state index contributed by atoms with van der Waals surface area (Å²) in [5.41, 5.74) is 5.47. The normalized spacial score (nSPS) is 22.8. The Balaban J connectivity index is 2.17. The Morgan fingerprint density at radius 2 is 1.95 bits per heavy atom. The second-order valence-corrected chi connectivity index (χ2v) is 4.45. The molecule has 0 unspecified atom stereocenters. The molecule has 0 atom stereocenters. The highest BCUT2D eigenvalue weighted by molar-refractivity contribution is 5.49. The maximum atomic E-state index is 11.0. The van der Waals surface area contributed by atoms with Gasteiger partial charge in [-0.25, -0.2) is 0 Å². The smallest absolute Gasteiger partial charge is 0.392 e. The lowest BCUT2D eigenvalue weighted by molar-refractivity contribution is -0.387. The molecule has 1 aliphatic carbocycles. The zero-order valence-corrected chi connectivity index (χ0v) is 10.6. The highest BCUT2D eigenvalue weighted by Gasteiger charge is 2.29. The van der Waals surface area contributed by atoms with E-state index in [4.69, 9.17) is 15.2 Å². The number of hydrogen-bond acceptors (Lipinski definition) is 7. The molecule has 1 aliphatic rings. The lowest BCUT2D eigenvalue weighted by Gasteiger charge is -2.26. The van der Waals surface area contributed by atoms with Gasteiger partial charge in [0.2, 0.25) is 0 Å². The third-order valence-corrected chi connectivity index (χ3v) is 3.13. The van der Waals surface area contributed by atoms with Crippen molar-refractivity contribution in [1.82, 2.24) is 9.97 Å². The molecule has 1 heterocycles. The molecule has 0 spiro atoms. The first kappa shape index (κ1) is 13.5. The van der Waals surface area contributed by atoms with E-state index in [-0.39, 0.29) is 29.6 Å². The van der Waals surface area contributed by atoms with Crippen LogP contribution in [0.5, 0.6) is 11.8 Å². The van der Waals surface area contributed by atoms with Crippen LogP contribution in [0.3, 0.4) is 0 Å². The molecule has 0 saturated heterocycles. The van der Waals surface area contributed by atoms with E-state index < -0.39 is 4.92 Å². The molecule has 104 valence electrons. The van der Waals surface area contributed by atoms with E-state index in [1.54, 1.807) is 0 Å². The fourth-order valence-electron chi connectivity index (χ4n) is 2.10. The van der Waals surface area contributed by atoms with Crippen LogP contribution < -0.4 is 15.2 Å². The average Bonchev–Trinajstić information content (AvgIpc) is 2.40. The Labute approximate surface area is 110 Å². The first-order valence-electron chi connectivity index (χ1n) is 6.07. The van der Waals surface area contributed by atoms with Crippen LogP contribution in [0.4, 0.5) is 5.69 Å². The van der Waals surface area contributed by atoms with Gasteiger partial charge < -0.3 is 15.2 Å². The highest BCUT2D eigenvalue weighted by Crippen LogP contribution is 2.34. The number of methoxy groups -OCH3 is 1. The Morgan fingerprint density at radius 3 is 2.53 bits per heavy atom. The van der Waals surface area contributed by atoms with E-state index in [0.29, 0.717) is 0 Å². The van der Waals surface area contributed by atoms with Crippen molar-refractivity contribution >= 4 is 5.69 Å². The number of ether oxygens (including phenoxy) is 2. The van der Waals surface area contributed by atoms with Crippen LogP contribution in [0.15, 0.2) is 6.33 Å². The Kier molecular flexibility index (Phi) is 4.10. The molecule has 0 aliphatic heterocycles. The molecular formula is C11H16N4O4. The minimum Gasteiger partial charge on any atom is -0.476 e. The van der Waals surface area contributed by atoms with Crippen molar-refractivity contribution in [3.05, 3.63) is 16.4 Å². The van der Waals surface area contributed by atoms with Crippen LogP contribution in [0, 0.1) is 10.1 Å². The predicted octanol–water partition coefficient (Wildman–Crippen LogP) is 1.04. The fraction of sp³-hybridized carbons (Fsp3) is 0.636. The van der Waals surface area contributed by atoms with Gasteiger partial charge in [-0.3, -0.25) is 10.1 Å². The van der Waals surface area contributed by atoms with Gasteiger partial charge in [-0.1, -0.05) is 0 Å². The molecule has 1 aromatic rings. The molecule has 0 amide bonds. The summed E-state index contributed by atoms with van der Waals surface area (Å²) < 4.78 is 10.5. The van der Waals surface area contributed by atoms with Crippen molar-refractivity contribution in [1.29, 1.82) is 0 Å². The number of rotatable bonds is 4. The van der Waals surface area contributed by atoms with Gasteiger partial charge in [0.25, 0.3) is 0 Å². The van der Waals surface area contributed by atoms with Gasteiger partial charge in [-0.15, -0.1) is 0 Å². The van der Waals surface area contributed by atoms with Crippen LogP contribution in [0.25, 0.3) is 0 Å². The molecule has 2 rings (SSSR count). The largest absolute Gasteiger partial charge is 0.476 e. The second kappa shape index (κ2) is 5.79. The van der Waals surface area contributed by atoms with Gasteiger partial charge >= 0.3 is 17.4 Å². The van der Waals surface area contributed by atoms with E-state index >= 15 is 0 Å². The summed E-state index contributed by atoms with van der Waals surface area (Å²) in [5, 5.41) is 11.0. The summed E-state index contributed by atoms with van der Waals surface area (Å²) in [6.07, 6.45) is 4.32. The summed E-state index contributed by atoms with van der Waals surface area (Å²) in [5.74, 6) is -0.139. The van der Waals surface area contributed by atoms with Gasteiger partial charge in [0.15, 0.2) is 0 Å². The van der Waals surface area contributed by atoms with Crippen molar-refractivity contribution in [2.45, 2.75) is 37.8 Å². The Morgan fingerprint density at radius 1 is 1.32 bits per heavy atom. The predicted molar refractivity (Wildman–Crippen MR) is 66.1 cm³/mol. The minimum atomic E-state index is -0.595. The maximum Gasteiger partial charge on any atom is 0.392 e. The quantitative estimate of drug-likeness (QED) is 0.641. The molecule has 2 N–H and O–H groups in total. The van der Waals surface area contributed by atoms with Crippen molar-refractivity contribution in [2.24, 2.45) is 5.73 Å². The topological polar surface area (TPSA) is 113 Å². The van der Waals surface area contributed by atoms with E-state index in [9.17, 15) is 10.1 Å². The first-order chi connectivity index (χ1) is 9.11. The lowest BCUT2D eigenvalue weighted by atomic mass is 9.94. The molecule has 0 aromatic carbocycles. The Hall–Kier alpha value is -1.96. The second-order valence-electron chi connectivity index (χ2n) is 4.45. The lowest BCUT2D eigenvalue weighted by Crippen LogP contribution is -2.32. The summed E-state index contributed by atoms with van der Waals surface area (Å²) in [4.78, 5) is 18.0. The number of hydrogen-bond donors (Lipinski definition) is 1. The zero-order chi connectivity index (χ0) is 13.8. The molecule has 8 heteroatoms. The number of aromatic nitrogens is 2. The van der Waals surface area contributed by atoms with Crippen LogP contribution in [0.2, 0.25) is 0 Å². The summed E-state index contributed by atoms with van der Waals surface area (Å²) in [7, 11) is 1.32. The third kappa shape index (κ3) is 3.08. The SMILES string of the molecule is COc1ncnc(OC2CCC(N)CC2)c1[N+](=O)[O-]. The van der Waals surface area contributed by atoms with E-state index in [1.165, 1.54) is 13.4 Å². The number of nitro groups is 1. The standard InChI is InChI=1S/C11H16N4O4/c1-18-10-9(15(16)17)11(14-6-13-10)19-8-4-2-7(12)3-5-8/h6-8H,2-5,12H2,1H3. The van der Waals surface area contributed by atoms with Gasteiger partial charge in [0.1, 0.15) is 12.4 Å². The molecule has 8 nitrogen and oxygen atoms in total. The average molecular weight is 268 g/mol. The molecule has 1 aromatic heterocycles. The molecule has 0 bridgehead atoms. The molecule has 0 radical (unpaired) electrons. The first-order valence-corrected chi connectivity index (χ1v) is 6.07. The third-order valence-electron chi connectivity index (χ3n) is 3.13. The monoisotopic (exact) mass is 268 g/mol. The van der Waals surface area contributed by atoms with Crippen LogP contribution >= 0.6 is 0 Å². The molecule has 1 fully saturated rings. The van der Waals surface area contributed by atoms with Crippen LogP contribution in [-0.4, -0.2) is 34.1 Å². The number of nitrogens with two attached hydrogens (primary N) is 1. The Bertz CT molecular complexity index is 460. The summed E-state index contributed by atoms with van der Waals surface area (Å²) in [6.45, 7) is 0. The van der Waals surface area contributed by atoms with Gasteiger partial charge in [-0.2, -0.15) is 9.97 Å². The highest BCUT2D eigenvalue weighted by atomic mass is 16.6. The molecule has 1 saturated carbocycles. The maximum absolute atomic E-state index is 11.0. The van der Waals surface area contributed by atoms with Crippen molar-refractivity contribution in [2.75, 3.05) is 7.11 Å². The van der Waals surface area contributed by atoms with E-state index in [0.717, 1.165) is 25.7 Å².